The number of halogens is 3. The van der Waals surface area contributed by atoms with Gasteiger partial charge in [-0.15, -0.1) is 0 Å². The van der Waals surface area contributed by atoms with Crippen LogP contribution in [-0.2, 0) is 11.3 Å². The zero-order valence-corrected chi connectivity index (χ0v) is 19.2. The summed E-state index contributed by atoms with van der Waals surface area (Å²) >= 11 is 12.2. The molecule has 4 rings (SSSR count). The molecule has 0 radical (unpaired) electrons. The molecule has 1 N–H and O–H groups in total. The number of hydrogen-bond acceptors (Lipinski definition) is 3. The monoisotopic (exact) mass is 477 g/mol. The van der Waals surface area contributed by atoms with Crippen LogP contribution in [0.25, 0.3) is 0 Å². The number of nitrogens with zero attached hydrogens (tertiary/aromatic N) is 2. The SMILES string of the molecule is O=C(NC1CCN(Cc2ccc(F)cc2)CC1)C1CCCN1C(=O)c1cc(Cl)ccc1Cl. The third-order valence-electron chi connectivity index (χ3n) is 6.23. The summed E-state index contributed by atoms with van der Waals surface area (Å²) in [4.78, 5) is 30.0. The first-order valence-corrected chi connectivity index (χ1v) is 11.7. The smallest absolute Gasteiger partial charge is 0.256 e. The standard InChI is InChI=1S/C24H26Cl2FN3O2/c25-17-5-8-21(26)20(14-17)24(32)30-11-1-2-22(30)23(31)28-19-9-12-29(13-10-19)15-16-3-6-18(27)7-4-16/h3-8,14,19,22H,1-2,9-13,15H2,(H,28,31). The lowest BCUT2D eigenvalue weighted by molar-refractivity contribution is -0.125. The minimum absolute atomic E-state index is 0.0827. The van der Waals surface area contributed by atoms with Gasteiger partial charge in [-0.25, -0.2) is 4.39 Å². The minimum Gasteiger partial charge on any atom is -0.351 e. The summed E-state index contributed by atoms with van der Waals surface area (Å²) in [7, 11) is 0. The maximum absolute atomic E-state index is 13.1. The van der Waals surface area contributed by atoms with Crippen molar-refractivity contribution in [1.82, 2.24) is 15.1 Å². The zero-order valence-electron chi connectivity index (χ0n) is 17.7. The zero-order chi connectivity index (χ0) is 22.7. The van der Waals surface area contributed by atoms with Gasteiger partial charge in [0.25, 0.3) is 5.91 Å². The van der Waals surface area contributed by atoms with Crippen molar-refractivity contribution in [3.05, 3.63) is 69.5 Å². The molecule has 32 heavy (non-hydrogen) atoms. The summed E-state index contributed by atoms with van der Waals surface area (Å²) in [5, 5.41) is 3.91. The molecule has 1 unspecified atom stereocenters. The number of carbonyl (C=O) groups is 2. The van der Waals surface area contributed by atoms with Gasteiger partial charge in [0.15, 0.2) is 0 Å². The molecule has 1 atom stereocenters. The van der Waals surface area contributed by atoms with Gasteiger partial charge in [0, 0.05) is 37.2 Å². The molecule has 2 heterocycles. The molecule has 2 amide bonds. The normalized spacial score (nSPS) is 19.8. The van der Waals surface area contributed by atoms with E-state index in [1.165, 1.54) is 12.1 Å². The highest BCUT2D eigenvalue weighted by Gasteiger charge is 2.36. The molecule has 0 bridgehead atoms. The second-order valence-corrected chi connectivity index (χ2v) is 9.31. The van der Waals surface area contributed by atoms with Gasteiger partial charge in [0.1, 0.15) is 11.9 Å². The van der Waals surface area contributed by atoms with Crippen LogP contribution >= 0.6 is 23.2 Å². The van der Waals surface area contributed by atoms with Crippen LogP contribution in [0.2, 0.25) is 10.0 Å². The van der Waals surface area contributed by atoms with E-state index in [-0.39, 0.29) is 23.7 Å². The number of hydrogen-bond donors (Lipinski definition) is 1. The lowest BCUT2D eigenvalue weighted by Crippen LogP contribution is -2.51. The summed E-state index contributed by atoms with van der Waals surface area (Å²) in [5.41, 5.74) is 1.40. The van der Waals surface area contributed by atoms with Crippen LogP contribution < -0.4 is 5.32 Å². The van der Waals surface area contributed by atoms with Crippen LogP contribution in [0.3, 0.4) is 0 Å². The molecular weight excluding hydrogens is 452 g/mol. The number of piperidine rings is 1. The molecule has 170 valence electrons. The Kier molecular flexibility index (Phi) is 7.33. The number of rotatable bonds is 5. The number of amides is 2. The fraction of sp³-hybridized carbons (Fsp3) is 0.417. The predicted molar refractivity (Wildman–Crippen MR) is 123 cm³/mol. The Hall–Kier alpha value is -2.15. The van der Waals surface area contributed by atoms with Crippen molar-refractivity contribution in [2.24, 2.45) is 0 Å². The molecule has 2 aliphatic heterocycles. The molecule has 0 aromatic heterocycles. The van der Waals surface area contributed by atoms with E-state index in [4.69, 9.17) is 23.2 Å². The molecule has 2 fully saturated rings. The van der Waals surface area contributed by atoms with E-state index in [2.05, 4.69) is 10.2 Å². The third-order valence-corrected chi connectivity index (χ3v) is 6.79. The van der Waals surface area contributed by atoms with Gasteiger partial charge in [0.2, 0.25) is 5.91 Å². The van der Waals surface area contributed by atoms with Crippen molar-refractivity contribution >= 4 is 35.0 Å². The summed E-state index contributed by atoms with van der Waals surface area (Å²) in [6, 6.07) is 11.0. The molecule has 2 aliphatic rings. The van der Waals surface area contributed by atoms with Gasteiger partial charge in [0.05, 0.1) is 10.6 Å². The van der Waals surface area contributed by atoms with Gasteiger partial charge in [-0.2, -0.15) is 0 Å². The van der Waals surface area contributed by atoms with Gasteiger partial charge < -0.3 is 10.2 Å². The van der Waals surface area contributed by atoms with Crippen molar-refractivity contribution in [2.45, 2.75) is 44.3 Å². The molecular formula is C24H26Cl2FN3O2. The summed E-state index contributed by atoms with van der Waals surface area (Å²) in [6.07, 6.45) is 3.10. The lowest BCUT2D eigenvalue weighted by Gasteiger charge is -2.33. The van der Waals surface area contributed by atoms with Crippen LogP contribution in [0.5, 0.6) is 0 Å². The second-order valence-electron chi connectivity index (χ2n) is 8.47. The highest BCUT2D eigenvalue weighted by Crippen LogP contribution is 2.26. The second kappa shape index (κ2) is 10.2. The van der Waals surface area contributed by atoms with E-state index in [9.17, 15) is 14.0 Å². The quantitative estimate of drug-likeness (QED) is 0.688. The number of nitrogens with one attached hydrogen (secondary N) is 1. The van der Waals surface area contributed by atoms with Gasteiger partial charge >= 0.3 is 0 Å². The Morgan fingerprint density at radius 3 is 2.44 bits per heavy atom. The Morgan fingerprint density at radius 2 is 1.72 bits per heavy atom. The highest BCUT2D eigenvalue weighted by atomic mass is 35.5. The van der Waals surface area contributed by atoms with E-state index in [1.54, 1.807) is 35.2 Å². The van der Waals surface area contributed by atoms with Crippen molar-refractivity contribution in [3.63, 3.8) is 0 Å². The van der Waals surface area contributed by atoms with Gasteiger partial charge in [-0.3, -0.25) is 14.5 Å². The van der Waals surface area contributed by atoms with E-state index >= 15 is 0 Å². The molecule has 2 aromatic rings. The maximum Gasteiger partial charge on any atom is 0.256 e. The van der Waals surface area contributed by atoms with Crippen LogP contribution in [0.4, 0.5) is 4.39 Å². The van der Waals surface area contributed by atoms with Crippen molar-refractivity contribution in [2.75, 3.05) is 19.6 Å². The Morgan fingerprint density at radius 1 is 1.00 bits per heavy atom. The predicted octanol–water partition coefficient (Wildman–Crippen LogP) is 4.52. The average molecular weight is 478 g/mol. The van der Waals surface area contributed by atoms with Crippen LogP contribution in [0.15, 0.2) is 42.5 Å². The number of benzene rings is 2. The van der Waals surface area contributed by atoms with E-state index in [1.807, 2.05) is 0 Å². The first-order chi connectivity index (χ1) is 15.4. The van der Waals surface area contributed by atoms with Crippen LogP contribution in [0, 0.1) is 5.82 Å². The lowest BCUT2D eigenvalue weighted by atomic mass is 10.0. The van der Waals surface area contributed by atoms with Crippen molar-refractivity contribution < 1.29 is 14.0 Å². The summed E-state index contributed by atoms with van der Waals surface area (Å²) in [6.45, 7) is 3.00. The average Bonchev–Trinajstić information content (AvgIpc) is 3.28. The first kappa shape index (κ1) is 23.0. The van der Waals surface area contributed by atoms with Crippen molar-refractivity contribution in [3.8, 4) is 0 Å². The summed E-state index contributed by atoms with van der Waals surface area (Å²) < 4.78 is 13.1. The number of likely N-dealkylation sites (tertiary alicyclic amines) is 2. The number of carbonyl (C=O) groups excluding carboxylic acids is 2. The molecule has 8 heteroatoms. The summed E-state index contributed by atoms with van der Waals surface area (Å²) in [5.74, 6) is -0.595. The molecule has 0 aliphatic carbocycles. The van der Waals surface area contributed by atoms with E-state index in [0.717, 1.165) is 44.5 Å². The fourth-order valence-electron chi connectivity index (χ4n) is 4.48. The third kappa shape index (κ3) is 5.42. The van der Waals surface area contributed by atoms with Gasteiger partial charge in [-0.1, -0.05) is 35.3 Å². The Bertz CT molecular complexity index is 978. The minimum atomic E-state index is -0.491. The Balaban J connectivity index is 1.31. The Labute approximate surface area is 197 Å². The molecule has 5 nitrogen and oxygen atoms in total. The van der Waals surface area contributed by atoms with Gasteiger partial charge in [-0.05, 0) is 61.6 Å². The van der Waals surface area contributed by atoms with E-state index in [0.29, 0.717) is 28.6 Å². The largest absolute Gasteiger partial charge is 0.351 e. The topological polar surface area (TPSA) is 52.7 Å². The van der Waals surface area contributed by atoms with E-state index < -0.39 is 6.04 Å². The van der Waals surface area contributed by atoms with Crippen LogP contribution in [-0.4, -0.2) is 53.3 Å². The molecule has 2 saturated heterocycles. The maximum atomic E-state index is 13.1. The van der Waals surface area contributed by atoms with Crippen molar-refractivity contribution in [1.29, 1.82) is 0 Å². The molecule has 0 spiro atoms. The fourth-order valence-corrected chi connectivity index (χ4v) is 4.85. The first-order valence-electron chi connectivity index (χ1n) is 10.9. The molecule has 0 saturated carbocycles. The highest BCUT2D eigenvalue weighted by molar-refractivity contribution is 6.35. The van der Waals surface area contributed by atoms with Crippen LogP contribution in [0.1, 0.15) is 41.6 Å². The molecule has 2 aromatic carbocycles.